The lowest BCUT2D eigenvalue weighted by Gasteiger charge is -2.20. The molecule has 0 saturated heterocycles. The molecule has 0 bridgehead atoms. The molecule has 0 saturated carbocycles. The highest BCUT2D eigenvalue weighted by Crippen LogP contribution is 2.17. The Kier molecular flexibility index (Phi) is 9.03. The van der Waals surface area contributed by atoms with Crippen molar-refractivity contribution in [2.45, 2.75) is 52.7 Å². The Balaban J connectivity index is 1.86. The monoisotopic (exact) mass is 504 g/mol. The van der Waals surface area contributed by atoms with Gasteiger partial charge in [0.1, 0.15) is 5.82 Å². The lowest BCUT2D eigenvalue weighted by atomic mass is 10.1. The smallest absolute Gasteiger partial charge is 0.332 e. The highest BCUT2D eigenvalue weighted by Gasteiger charge is 2.22. The third-order valence-corrected chi connectivity index (χ3v) is 6.72. The van der Waals surface area contributed by atoms with Crippen molar-refractivity contribution in [3.8, 4) is 0 Å². The number of hydrogen-bond acceptors (Lipinski definition) is 6. The molecule has 3 heterocycles. The molecule has 37 heavy (non-hydrogen) atoms. The van der Waals surface area contributed by atoms with E-state index >= 15 is 0 Å². The Morgan fingerprint density at radius 2 is 1.62 bits per heavy atom. The van der Waals surface area contributed by atoms with Gasteiger partial charge in [-0.05, 0) is 42.6 Å². The Labute approximate surface area is 216 Å². The lowest BCUT2D eigenvalue weighted by Crippen LogP contribution is -2.41. The summed E-state index contributed by atoms with van der Waals surface area (Å²) in [5.41, 5.74) is 2.44. The number of benzene rings is 1. The van der Waals surface area contributed by atoms with Crippen LogP contribution in [-0.2, 0) is 32.5 Å². The van der Waals surface area contributed by atoms with E-state index in [-0.39, 0.29) is 17.9 Å². The first-order chi connectivity index (χ1) is 18.1. The van der Waals surface area contributed by atoms with Gasteiger partial charge in [-0.2, -0.15) is 0 Å². The van der Waals surface area contributed by atoms with Crippen molar-refractivity contribution in [3.05, 3.63) is 92.6 Å². The summed E-state index contributed by atoms with van der Waals surface area (Å²) in [6, 6.07) is 13.9. The SMILES string of the molecule is CCCn1c(=O)c2c(nc(Cc3ccncc3)n2CCN(CC)CCO)n(CCc2ccccc2)c1=O. The van der Waals surface area contributed by atoms with Gasteiger partial charge in [0, 0.05) is 51.5 Å². The molecule has 0 radical (unpaired) electrons. The lowest BCUT2D eigenvalue weighted by molar-refractivity contribution is 0.197. The van der Waals surface area contributed by atoms with Crippen LogP contribution in [0.15, 0.2) is 64.4 Å². The molecule has 0 aliphatic carbocycles. The van der Waals surface area contributed by atoms with Crippen LogP contribution in [0.2, 0.25) is 0 Å². The average Bonchev–Trinajstić information content (AvgIpc) is 3.27. The Bertz CT molecular complexity index is 1410. The van der Waals surface area contributed by atoms with Crippen LogP contribution in [0.1, 0.15) is 37.2 Å². The predicted molar refractivity (Wildman–Crippen MR) is 145 cm³/mol. The van der Waals surface area contributed by atoms with Crippen molar-refractivity contribution in [2.75, 3.05) is 26.2 Å². The van der Waals surface area contributed by atoms with E-state index in [0.29, 0.717) is 63.2 Å². The van der Waals surface area contributed by atoms with Crippen LogP contribution < -0.4 is 11.2 Å². The number of aryl methyl sites for hydroxylation is 2. The molecular weight excluding hydrogens is 468 g/mol. The van der Waals surface area contributed by atoms with Crippen LogP contribution in [-0.4, -0.2) is 59.9 Å². The highest BCUT2D eigenvalue weighted by molar-refractivity contribution is 5.71. The zero-order valence-electron chi connectivity index (χ0n) is 21.7. The van der Waals surface area contributed by atoms with Crippen LogP contribution in [0.25, 0.3) is 11.2 Å². The molecular formula is C28H36N6O3. The topological polar surface area (TPSA) is 98.2 Å². The van der Waals surface area contributed by atoms with E-state index in [4.69, 9.17) is 4.98 Å². The Morgan fingerprint density at radius 1 is 0.865 bits per heavy atom. The number of hydrogen-bond donors (Lipinski definition) is 1. The van der Waals surface area contributed by atoms with E-state index in [0.717, 1.165) is 23.5 Å². The number of fused-ring (bicyclic) bond motifs is 1. The van der Waals surface area contributed by atoms with Crippen LogP contribution in [0, 0.1) is 0 Å². The molecule has 196 valence electrons. The van der Waals surface area contributed by atoms with E-state index in [1.807, 2.05) is 54.0 Å². The zero-order valence-corrected chi connectivity index (χ0v) is 21.7. The summed E-state index contributed by atoms with van der Waals surface area (Å²) in [5, 5.41) is 9.45. The Morgan fingerprint density at radius 3 is 2.30 bits per heavy atom. The number of aromatic nitrogens is 5. The third kappa shape index (κ3) is 6.06. The number of likely N-dealkylation sites (N-methyl/N-ethyl adjacent to an activating group) is 1. The standard InChI is InChI=1S/C28H36N6O3/c1-3-15-34-27(36)25-26(33(28(34)37)16-12-22-8-6-5-7-9-22)30-24(21-23-10-13-29-14-11-23)32(25)18-17-31(4-2)19-20-35/h5-11,13-14,35H,3-4,12,15-21H2,1-2H3. The molecule has 3 aromatic heterocycles. The van der Waals surface area contributed by atoms with Gasteiger partial charge in [0.05, 0.1) is 6.61 Å². The molecule has 0 atom stereocenters. The molecule has 1 N–H and O–H groups in total. The predicted octanol–water partition coefficient (Wildman–Crippen LogP) is 2.31. The number of aliphatic hydroxyl groups is 1. The van der Waals surface area contributed by atoms with E-state index in [9.17, 15) is 14.7 Å². The van der Waals surface area contributed by atoms with Crippen molar-refractivity contribution in [1.82, 2.24) is 28.6 Å². The second-order valence-corrected chi connectivity index (χ2v) is 9.17. The van der Waals surface area contributed by atoms with Gasteiger partial charge in [-0.25, -0.2) is 9.78 Å². The van der Waals surface area contributed by atoms with Crippen LogP contribution in [0.4, 0.5) is 0 Å². The second-order valence-electron chi connectivity index (χ2n) is 9.17. The van der Waals surface area contributed by atoms with Gasteiger partial charge in [0.15, 0.2) is 11.2 Å². The van der Waals surface area contributed by atoms with Crippen LogP contribution >= 0.6 is 0 Å². The van der Waals surface area contributed by atoms with Gasteiger partial charge in [0.2, 0.25) is 0 Å². The van der Waals surface area contributed by atoms with E-state index in [2.05, 4.69) is 16.8 Å². The van der Waals surface area contributed by atoms with Crippen molar-refractivity contribution >= 4 is 11.2 Å². The fraction of sp³-hybridized carbons (Fsp3) is 0.429. The number of pyridine rings is 1. The van der Waals surface area contributed by atoms with Gasteiger partial charge in [-0.1, -0.05) is 44.2 Å². The minimum Gasteiger partial charge on any atom is -0.395 e. The molecule has 1 aromatic carbocycles. The number of aliphatic hydroxyl groups excluding tert-OH is 1. The zero-order chi connectivity index (χ0) is 26.2. The average molecular weight is 505 g/mol. The van der Waals surface area contributed by atoms with E-state index in [1.54, 1.807) is 17.0 Å². The highest BCUT2D eigenvalue weighted by atomic mass is 16.3. The van der Waals surface area contributed by atoms with E-state index in [1.165, 1.54) is 4.57 Å². The molecule has 4 rings (SSSR count). The molecule has 0 spiro atoms. The minimum absolute atomic E-state index is 0.0741. The molecule has 9 heteroatoms. The van der Waals surface area contributed by atoms with Gasteiger partial charge in [-0.3, -0.25) is 23.8 Å². The summed E-state index contributed by atoms with van der Waals surface area (Å²) in [5.74, 6) is 0.737. The normalized spacial score (nSPS) is 11.6. The maximum atomic E-state index is 13.7. The second kappa shape index (κ2) is 12.6. The van der Waals surface area contributed by atoms with E-state index < -0.39 is 0 Å². The maximum absolute atomic E-state index is 13.7. The van der Waals surface area contributed by atoms with Crippen molar-refractivity contribution < 1.29 is 5.11 Å². The fourth-order valence-corrected chi connectivity index (χ4v) is 4.71. The molecule has 0 aliphatic rings. The summed E-state index contributed by atoms with van der Waals surface area (Å²) in [4.78, 5) is 38.4. The molecule has 0 amide bonds. The number of nitrogens with zero attached hydrogens (tertiary/aromatic N) is 6. The first kappa shape index (κ1) is 26.5. The third-order valence-electron chi connectivity index (χ3n) is 6.72. The number of rotatable bonds is 13. The molecule has 9 nitrogen and oxygen atoms in total. The molecule has 4 aromatic rings. The van der Waals surface area contributed by atoms with Crippen molar-refractivity contribution in [3.63, 3.8) is 0 Å². The van der Waals surface area contributed by atoms with Gasteiger partial charge >= 0.3 is 5.69 Å². The van der Waals surface area contributed by atoms with Gasteiger partial charge < -0.3 is 9.67 Å². The van der Waals surface area contributed by atoms with Gasteiger partial charge in [0.25, 0.3) is 5.56 Å². The minimum atomic E-state index is -0.314. The van der Waals surface area contributed by atoms with Gasteiger partial charge in [-0.15, -0.1) is 0 Å². The molecule has 0 unspecified atom stereocenters. The molecule has 0 fully saturated rings. The summed E-state index contributed by atoms with van der Waals surface area (Å²) in [6.07, 6.45) is 5.34. The van der Waals surface area contributed by atoms with Crippen molar-refractivity contribution in [1.29, 1.82) is 0 Å². The maximum Gasteiger partial charge on any atom is 0.332 e. The summed E-state index contributed by atoms with van der Waals surface area (Å²) >= 11 is 0. The quantitative estimate of drug-likeness (QED) is 0.300. The largest absolute Gasteiger partial charge is 0.395 e. The Hall–Kier alpha value is -3.56. The summed E-state index contributed by atoms with van der Waals surface area (Å²) in [7, 11) is 0. The summed E-state index contributed by atoms with van der Waals surface area (Å²) in [6.45, 7) is 7.41. The van der Waals surface area contributed by atoms with Crippen LogP contribution in [0.5, 0.6) is 0 Å². The fourth-order valence-electron chi connectivity index (χ4n) is 4.71. The number of imidazole rings is 1. The van der Waals surface area contributed by atoms with Crippen LogP contribution in [0.3, 0.4) is 0 Å². The first-order valence-electron chi connectivity index (χ1n) is 13.1. The van der Waals surface area contributed by atoms with Crippen molar-refractivity contribution in [2.24, 2.45) is 0 Å². The molecule has 0 aliphatic heterocycles. The first-order valence-corrected chi connectivity index (χ1v) is 13.1. The summed E-state index contributed by atoms with van der Waals surface area (Å²) < 4.78 is 4.99.